The first kappa shape index (κ1) is 16.5. The zero-order valence-corrected chi connectivity index (χ0v) is 15.0. The van der Waals surface area contributed by atoms with Gasteiger partial charge in [0.1, 0.15) is 5.75 Å². The Morgan fingerprint density at radius 3 is 2.33 bits per heavy atom. The van der Waals surface area contributed by atoms with Crippen molar-refractivity contribution in [3.8, 4) is 5.75 Å². The predicted molar refractivity (Wildman–Crippen MR) is 105 cm³/mol. The maximum atomic E-state index is 10.1. The van der Waals surface area contributed by atoms with E-state index in [1.54, 1.807) is 6.07 Å². The van der Waals surface area contributed by atoms with Crippen LogP contribution in [0.1, 0.15) is 16.7 Å². The van der Waals surface area contributed by atoms with Gasteiger partial charge in [-0.25, -0.2) is 0 Å². The molecule has 1 unspecified atom stereocenters. The zero-order valence-electron chi connectivity index (χ0n) is 14.0. The average molecular weight is 335 g/mol. The summed E-state index contributed by atoms with van der Waals surface area (Å²) in [5.74, 6) is 0.376. The monoisotopic (exact) mass is 335 g/mol. The van der Waals surface area contributed by atoms with E-state index >= 15 is 0 Å². The molecule has 0 aliphatic heterocycles. The first-order valence-corrected chi connectivity index (χ1v) is 9.07. The van der Waals surface area contributed by atoms with Gasteiger partial charge >= 0.3 is 0 Å². The molecule has 0 bridgehead atoms. The summed E-state index contributed by atoms with van der Waals surface area (Å²) < 4.78 is 0. The van der Waals surface area contributed by atoms with Crippen molar-refractivity contribution in [3.05, 3.63) is 83.4 Å². The van der Waals surface area contributed by atoms with E-state index in [1.807, 2.05) is 24.3 Å². The summed E-state index contributed by atoms with van der Waals surface area (Å²) in [6, 6.07) is 22.6. The third-order valence-corrected chi connectivity index (χ3v) is 5.37. The third-order valence-electron chi connectivity index (χ3n) is 3.94. The van der Waals surface area contributed by atoms with E-state index < -0.39 is 0 Å². The van der Waals surface area contributed by atoms with Crippen molar-refractivity contribution in [1.82, 2.24) is 0 Å². The van der Waals surface area contributed by atoms with Crippen LogP contribution in [0.4, 0.5) is 5.69 Å². The Morgan fingerprint density at radius 1 is 0.833 bits per heavy atom. The van der Waals surface area contributed by atoms with Gasteiger partial charge in [0.05, 0.1) is 0 Å². The maximum absolute atomic E-state index is 10.1. The molecule has 0 radical (unpaired) electrons. The summed E-state index contributed by atoms with van der Waals surface area (Å²) in [6.45, 7) is 4.95. The fourth-order valence-electron chi connectivity index (χ4n) is 2.64. The van der Waals surface area contributed by atoms with Gasteiger partial charge in [0.15, 0.2) is 0 Å². The number of phenols is 1. The Kier molecular flexibility index (Phi) is 5.17. The van der Waals surface area contributed by atoms with Crippen molar-refractivity contribution in [2.45, 2.75) is 20.4 Å². The number of anilines is 1. The van der Waals surface area contributed by atoms with E-state index in [1.165, 1.54) is 22.0 Å². The molecule has 0 amide bonds. The van der Waals surface area contributed by atoms with E-state index in [0.29, 0.717) is 14.3 Å². The van der Waals surface area contributed by atoms with Gasteiger partial charge < -0.3 is 10.4 Å². The van der Waals surface area contributed by atoms with Crippen molar-refractivity contribution >= 4 is 24.9 Å². The zero-order chi connectivity index (χ0) is 16.9. The number of aromatic hydroxyl groups is 1. The first-order chi connectivity index (χ1) is 11.6. The summed E-state index contributed by atoms with van der Waals surface area (Å²) in [5.41, 5.74) is 4.82. The molecule has 3 rings (SSSR count). The maximum Gasteiger partial charge on any atom is 0.123 e. The van der Waals surface area contributed by atoms with Crippen LogP contribution in [0.5, 0.6) is 5.75 Å². The van der Waals surface area contributed by atoms with Gasteiger partial charge in [-0.3, -0.25) is 0 Å². The molecule has 3 heteroatoms. The fraction of sp³-hybridized carbons (Fsp3) is 0.143. The van der Waals surface area contributed by atoms with Gasteiger partial charge in [-0.05, 0) is 49.0 Å². The fourth-order valence-corrected chi connectivity index (χ4v) is 3.93. The van der Waals surface area contributed by atoms with E-state index in [9.17, 15) is 5.11 Å². The quantitative estimate of drug-likeness (QED) is 0.683. The molecule has 0 saturated heterocycles. The molecular weight excluding hydrogens is 313 g/mol. The van der Waals surface area contributed by atoms with Crippen molar-refractivity contribution in [3.63, 3.8) is 0 Å². The molecule has 0 spiro atoms. The number of para-hydroxylation sites is 1. The highest BCUT2D eigenvalue weighted by molar-refractivity contribution is 7.55. The number of nitrogens with one attached hydrogen (secondary N) is 1. The smallest absolute Gasteiger partial charge is 0.123 e. The summed E-state index contributed by atoms with van der Waals surface area (Å²) in [4.78, 5) is 0. The average Bonchev–Trinajstić information content (AvgIpc) is 2.59. The number of hydrogen-bond acceptors (Lipinski definition) is 2. The molecule has 1 atom stereocenters. The van der Waals surface area contributed by atoms with Crippen LogP contribution >= 0.6 is 8.58 Å². The Balaban J connectivity index is 1.84. The minimum Gasteiger partial charge on any atom is -0.507 e. The van der Waals surface area contributed by atoms with Crippen LogP contribution in [-0.4, -0.2) is 5.11 Å². The normalized spacial score (nSPS) is 11.1. The van der Waals surface area contributed by atoms with E-state index in [2.05, 4.69) is 55.6 Å². The van der Waals surface area contributed by atoms with Gasteiger partial charge in [0, 0.05) is 17.5 Å². The van der Waals surface area contributed by atoms with Gasteiger partial charge in [-0.15, -0.1) is 0 Å². The van der Waals surface area contributed by atoms with Crippen LogP contribution in [0.25, 0.3) is 0 Å². The lowest BCUT2D eigenvalue weighted by Crippen LogP contribution is -2.13. The summed E-state index contributed by atoms with van der Waals surface area (Å²) in [6.07, 6.45) is 0. The first-order valence-electron chi connectivity index (χ1n) is 8.07. The molecule has 0 aliphatic rings. The highest BCUT2D eigenvalue weighted by Gasteiger charge is 2.08. The second-order valence-corrected chi connectivity index (χ2v) is 7.35. The van der Waals surface area contributed by atoms with Gasteiger partial charge in [0.2, 0.25) is 0 Å². The van der Waals surface area contributed by atoms with Crippen LogP contribution < -0.4 is 15.9 Å². The standard InChI is InChI=1S/C21H22NOP/c1-15-9-11-20(24-21-13-16(2)8-10-19(21)23)17(12-15)14-22-18-6-4-3-5-7-18/h3-13,22-24H,14H2,1-2H3. The number of phenolic OH excluding ortho intramolecular Hbond substituents is 1. The van der Waals surface area contributed by atoms with Gasteiger partial charge in [0.25, 0.3) is 0 Å². The summed E-state index contributed by atoms with van der Waals surface area (Å²) >= 11 is 0. The molecule has 2 N–H and O–H groups in total. The minimum atomic E-state index is 0.376. The Bertz CT molecular complexity index is 830. The molecule has 0 aromatic heterocycles. The Morgan fingerprint density at radius 2 is 1.54 bits per heavy atom. The lowest BCUT2D eigenvalue weighted by molar-refractivity contribution is 0.479. The predicted octanol–water partition coefficient (Wildman–Crippen LogP) is 4.25. The second-order valence-electron chi connectivity index (χ2n) is 6.03. The Hall–Kier alpha value is -2.31. The van der Waals surface area contributed by atoms with Crippen molar-refractivity contribution in [2.24, 2.45) is 0 Å². The van der Waals surface area contributed by atoms with Crippen molar-refractivity contribution in [1.29, 1.82) is 0 Å². The molecule has 24 heavy (non-hydrogen) atoms. The number of rotatable bonds is 5. The highest BCUT2D eigenvalue weighted by Crippen LogP contribution is 2.22. The van der Waals surface area contributed by atoms with E-state index in [-0.39, 0.29) is 0 Å². The molecule has 2 nitrogen and oxygen atoms in total. The SMILES string of the molecule is Cc1ccc(Pc2cc(C)ccc2O)c(CNc2ccccc2)c1. The molecule has 122 valence electrons. The summed E-state index contributed by atoms with van der Waals surface area (Å²) in [5, 5.41) is 15.9. The van der Waals surface area contributed by atoms with Crippen LogP contribution in [0, 0.1) is 13.8 Å². The Labute approximate surface area is 145 Å². The molecule has 0 heterocycles. The molecule has 0 aliphatic carbocycles. The van der Waals surface area contributed by atoms with E-state index in [0.717, 1.165) is 17.5 Å². The lowest BCUT2D eigenvalue weighted by Gasteiger charge is -2.14. The number of benzene rings is 3. The third kappa shape index (κ3) is 4.15. The highest BCUT2D eigenvalue weighted by atomic mass is 31.1. The number of hydrogen-bond donors (Lipinski definition) is 2. The van der Waals surface area contributed by atoms with Crippen LogP contribution in [0.15, 0.2) is 66.7 Å². The van der Waals surface area contributed by atoms with Gasteiger partial charge in [-0.2, -0.15) is 0 Å². The van der Waals surface area contributed by atoms with E-state index in [4.69, 9.17) is 0 Å². The topological polar surface area (TPSA) is 32.3 Å². The molecule has 0 saturated carbocycles. The molecular formula is C21H22NOP. The van der Waals surface area contributed by atoms with Gasteiger partial charge in [-0.1, -0.05) is 62.2 Å². The lowest BCUT2D eigenvalue weighted by atomic mass is 10.1. The largest absolute Gasteiger partial charge is 0.507 e. The summed E-state index contributed by atoms with van der Waals surface area (Å²) in [7, 11) is 0.445. The van der Waals surface area contributed by atoms with Crippen molar-refractivity contribution in [2.75, 3.05) is 5.32 Å². The molecule has 0 fully saturated rings. The second kappa shape index (κ2) is 7.51. The van der Waals surface area contributed by atoms with Crippen LogP contribution in [0.2, 0.25) is 0 Å². The van der Waals surface area contributed by atoms with Crippen LogP contribution in [-0.2, 0) is 6.54 Å². The molecule has 3 aromatic rings. The minimum absolute atomic E-state index is 0.376. The van der Waals surface area contributed by atoms with Crippen LogP contribution in [0.3, 0.4) is 0 Å². The van der Waals surface area contributed by atoms with Crippen molar-refractivity contribution < 1.29 is 5.11 Å². The number of aryl methyl sites for hydroxylation is 2. The molecule has 3 aromatic carbocycles.